The summed E-state index contributed by atoms with van der Waals surface area (Å²) in [7, 11) is 1.61. The second-order valence-corrected chi connectivity index (χ2v) is 7.19. The van der Waals surface area contributed by atoms with E-state index in [9.17, 15) is 4.79 Å². The summed E-state index contributed by atoms with van der Waals surface area (Å²) in [4.78, 5) is 23.5. The van der Waals surface area contributed by atoms with Crippen LogP contribution in [-0.4, -0.2) is 65.4 Å². The lowest BCUT2D eigenvalue weighted by Gasteiger charge is -2.44. The Labute approximate surface area is 159 Å². The third-order valence-electron chi connectivity index (χ3n) is 5.04. The molecule has 3 aliphatic heterocycles. The van der Waals surface area contributed by atoms with Crippen molar-refractivity contribution >= 4 is 39.2 Å². The molecule has 0 spiro atoms. The predicted octanol–water partition coefficient (Wildman–Crippen LogP) is 1.86. The number of hydrogen-bond donors (Lipinski definition) is 3. The standard InChI is InChI=1S/C16H19BrN4O2.CH2O2/c1-23-12-3-2-10-13(14(12)17)15(20-19-10)16(22)18-11-8-21-6-4-9(11)5-7-21;2-1-3/h2-3,9,11H,4-8H2,1H3,(H,18,22)(H,19,20);1H,(H,2,3)/t11-;/m1./s1. The van der Waals surface area contributed by atoms with Crippen molar-refractivity contribution in [2.24, 2.45) is 5.92 Å². The van der Waals surface area contributed by atoms with Gasteiger partial charge >= 0.3 is 0 Å². The van der Waals surface area contributed by atoms with Gasteiger partial charge in [-0.2, -0.15) is 5.10 Å². The average Bonchev–Trinajstić information content (AvgIpc) is 3.09. The van der Waals surface area contributed by atoms with Gasteiger partial charge in [0.25, 0.3) is 12.4 Å². The molecule has 9 heteroatoms. The number of ether oxygens (including phenoxy) is 1. The van der Waals surface area contributed by atoms with E-state index in [1.54, 1.807) is 7.11 Å². The van der Waals surface area contributed by atoms with E-state index in [1.165, 1.54) is 12.8 Å². The van der Waals surface area contributed by atoms with E-state index < -0.39 is 0 Å². The molecule has 2 aromatic rings. The third kappa shape index (κ3) is 3.54. The number of carbonyl (C=O) groups is 2. The number of benzene rings is 1. The highest BCUT2D eigenvalue weighted by Crippen LogP contribution is 2.34. The number of amides is 1. The molecule has 3 fully saturated rings. The second-order valence-electron chi connectivity index (χ2n) is 6.40. The molecule has 3 aliphatic rings. The first-order valence-electron chi connectivity index (χ1n) is 8.40. The van der Waals surface area contributed by atoms with Crippen LogP contribution >= 0.6 is 15.9 Å². The number of piperidine rings is 3. The molecule has 1 atom stereocenters. The SMILES string of the molecule is COc1ccc2[nH]nc(C(=O)N[C@@H]3CN4CCC3CC4)c2c1Br.O=CO. The maximum absolute atomic E-state index is 12.7. The summed E-state index contributed by atoms with van der Waals surface area (Å²) in [5.74, 6) is 1.16. The van der Waals surface area contributed by atoms with Gasteiger partial charge in [-0.3, -0.25) is 14.7 Å². The van der Waals surface area contributed by atoms with Gasteiger partial charge in [0.1, 0.15) is 5.75 Å². The highest BCUT2D eigenvalue weighted by molar-refractivity contribution is 9.10. The topological polar surface area (TPSA) is 108 Å². The summed E-state index contributed by atoms with van der Waals surface area (Å²) in [5, 5.41) is 18.0. The smallest absolute Gasteiger partial charge is 0.290 e. The predicted molar refractivity (Wildman–Crippen MR) is 99.5 cm³/mol. The Kier molecular flexibility index (Phi) is 5.77. The maximum Gasteiger partial charge on any atom is 0.290 e. The van der Waals surface area contributed by atoms with Crippen LogP contribution in [0.25, 0.3) is 10.9 Å². The van der Waals surface area contributed by atoms with Crippen LogP contribution in [0.3, 0.4) is 0 Å². The van der Waals surface area contributed by atoms with Crippen molar-refractivity contribution in [3.63, 3.8) is 0 Å². The van der Waals surface area contributed by atoms with Crippen molar-refractivity contribution in [1.82, 2.24) is 20.4 Å². The second kappa shape index (κ2) is 8.05. The van der Waals surface area contributed by atoms with Gasteiger partial charge in [-0.15, -0.1) is 0 Å². The maximum atomic E-state index is 12.7. The van der Waals surface area contributed by atoms with Crippen molar-refractivity contribution in [3.8, 4) is 5.75 Å². The number of fused-ring (bicyclic) bond motifs is 4. The number of rotatable bonds is 3. The van der Waals surface area contributed by atoms with Gasteiger partial charge in [-0.1, -0.05) is 0 Å². The quantitative estimate of drug-likeness (QED) is 0.649. The van der Waals surface area contributed by atoms with Crippen LogP contribution in [0.5, 0.6) is 5.75 Å². The van der Waals surface area contributed by atoms with E-state index in [0.717, 1.165) is 35.0 Å². The van der Waals surface area contributed by atoms with Gasteiger partial charge in [0, 0.05) is 12.6 Å². The van der Waals surface area contributed by atoms with Gasteiger partial charge in [0.2, 0.25) is 0 Å². The van der Waals surface area contributed by atoms with E-state index in [1.807, 2.05) is 12.1 Å². The third-order valence-corrected chi connectivity index (χ3v) is 5.83. The lowest BCUT2D eigenvalue weighted by Crippen LogP contribution is -2.57. The summed E-state index contributed by atoms with van der Waals surface area (Å²) >= 11 is 3.52. The fourth-order valence-corrected chi connectivity index (χ4v) is 4.44. The molecule has 1 amide bonds. The number of hydrogen-bond acceptors (Lipinski definition) is 5. The number of methoxy groups -OCH3 is 1. The average molecular weight is 425 g/mol. The number of carbonyl (C=O) groups excluding carboxylic acids is 1. The van der Waals surface area contributed by atoms with Gasteiger partial charge in [0.05, 0.1) is 22.5 Å². The lowest BCUT2D eigenvalue weighted by atomic mass is 9.84. The first-order chi connectivity index (χ1) is 12.6. The molecule has 0 radical (unpaired) electrons. The number of H-pyrrole nitrogens is 1. The Morgan fingerprint density at radius 1 is 1.46 bits per heavy atom. The van der Waals surface area contributed by atoms with E-state index in [-0.39, 0.29) is 18.4 Å². The first kappa shape index (κ1) is 18.7. The van der Waals surface area contributed by atoms with E-state index in [4.69, 9.17) is 14.6 Å². The molecule has 0 aliphatic carbocycles. The number of carboxylic acid groups (broad SMARTS) is 1. The Hall–Kier alpha value is -2.13. The molecular formula is C17H21BrN4O4. The summed E-state index contributed by atoms with van der Waals surface area (Å²) in [5.41, 5.74) is 1.24. The fourth-order valence-electron chi connectivity index (χ4n) is 3.74. The zero-order valence-corrected chi connectivity index (χ0v) is 16.0. The highest BCUT2D eigenvalue weighted by Gasteiger charge is 2.35. The molecule has 1 aromatic heterocycles. The van der Waals surface area contributed by atoms with Crippen LogP contribution in [0, 0.1) is 5.92 Å². The number of aromatic amines is 1. The van der Waals surface area contributed by atoms with Gasteiger partial charge in [-0.05, 0) is 59.9 Å². The number of nitrogens with zero attached hydrogens (tertiary/aromatic N) is 2. The molecule has 1 aromatic carbocycles. The minimum absolute atomic E-state index is 0.121. The van der Waals surface area contributed by atoms with Crippen LogP contribution in [0.1, 0.15) is 23.3 Å². The monoisotopic (exact) mass is 424 g/mol. The van der Waals surface area contributed by atoms with Crippen LogP contribution in [0.15, 0.2) is 16.6 Å². The first-order valence-corrected chi connectivity index (χ1v) is 9.20. The largest absolute Gasteiger partial charge is 0.496 e. The zero-order valence-electron chi connectivity index (χ0n) is 14.4. The Balaban J connectivity index is 0.000000613. The normalized spacial score (nSPS) is 23.8. The highest BCUT2D eigenvalue weighted by atomic mass is 79.9. The molecule has 3 saturated heterocycles. The Morgan fingerprint density at radius 2 is 2.15 bits per heavy atom. The molecule has 3 N–H and O–H groups in total. The van der Waals surface area contributed by atoms with Crippen LogP contribution in [0.4, 0.5) is 0 Å². The van der Waals surface area contributed by atoms with Crippen LogP contribution in [-0.2, 0) is 4.79 Å². The van der Waals surface area contributed by atoms with Crippen molar-refractivity contribution in [2.75, 3.05) is 26.7 Å². The van der Waals surface area contributed by atoms with Crippen molar-refractivity contribution < 1.29 is 19.4 Å². The summed E-state index contributed by atoms with van der Waals surface area (Å²) < 4.78 is 6.08. The molecule has 0 unspecified atom stereocenters. The molecule has 4 heterocycles. The minimum Gasteiger partial charge on any atom is -0.496 e. The summed E-state index contributed by atoms with van der Waals surface area (Å²) in [6.45, 7) is 3.01. The lowest BCUT2D eigenvalue weighted by molar-refractivity contribution is -0.122. The molecule has 26 heavy (non-hydrogen) atoms. The van der Waals surface area contributed by atoms with Crippen molar-refractivity contribution in [3.05, 3.63) is 22.3 Å². The van der Waals surface area contributed by atoms with E-state index in [0.29, 0.717) is 17.4 Å². The van der Waals surface area contributed by atoms with Crippen molar-refractivity contribution in [1.29, 1.82) is 0 Å². The number of aromatic nitrogens is 2. The minimum atomic E-state index is -0.250. The summed E-state index contributed by atoms with van der Waals surface area (Å²) in [6.07, 6.45) is 2.34. The number of halogens is 1. The van der Waals surface area contributed by atoms with Gasteiger partial charge in [-0.25, -0.2) is 0 Å². The van der Waals surface area contributed by atoms with E-state index >= 15 is 0 Å². The van der Waals surface area contributed by atoms with Crippen LogP contribution < -0.4 is 10.1 Å². The molecule has 2 bridgehead atoms. The fraction of sp³-hybridized carbons (Fsp3) is 0.471. The van der Waals surface area contributed by atoms with Crippen LogP contribution in [0.2, 0.25) is 0 Å². The Morgan fingerprint density at radius 3 is 2.73 bits per heavy atom. The van der Waals surface area contributed by atoms with E-state index in [2.05, 4.69) is 36.3 Å². The van der Waals surface area contributed by atoms with Gasteiger partial charge < -0.3 is 20.1 Å². The van der Waals surface area contributed by atoms with Gasteiger partial charge in [0.15, 0.2) is 5.69 Å². The van der Waals surface area contributed by atoms with Crippen molar-refractivity contribution in [2.45, 2.75) is 18.9 Å². The molecule has 0 saturated carbocycles. The molecule has 8 nitrogen and oxygen atoms in total. The zero-order chi connectivity index (χ0) is 18.7. The Bertz CT molecular complexity index is 801. The summed E-state index contributed by atoms with van der Waals surface area (Å²) in [6, 6.07) is 3.94. The molecular weight excluding hydrogens is 404 g/mol. The number of nitrogens with one attached hydrogen (secondary N) is 2. The molecule has 140 valence electrons. The molecule has 5 rings (SSSR count).